The number of piperazine rings is 1. The third kappa shape index (κ3) is 4.03. The number of likely N-dealkylation sites (N-methyl/N-ethyl adjacent to an activating group) is 1. The molecule has 1 N–H and O–H groups in total. The quantitative estimate of drug-likeness (QED) is 0.918. The Labute approximate surface area is 122 Å². The maximum absolute atomic E-state index is 12.3. The Hall–Kier alpha value is -0.910. The topological polar surface area (TPSA) is 35.6 Å². The van der Waals surface area contributed by atoms with Gasteiger partial charge in [-0.2, -0.15) is 0 Å². The normalized spacial score (nSPS) is 20.3. The predicted molar refractivity (Wildman–Crippen MR) is 81.5 cm³/mol. The third-order valence-corrected chi connectivity index (χ3v) is 3.94. The Morgan fingerprint density at radius 2 is 2.37 bits per heavy atom. The van der Waals surface area contributed by atoms with Crippen LogP contribution in [-0.2, 0) is 4.79 Å². The summed E-state index contributed by atoms with van der Waals surface area (Å²) in [6, 6.07) is 8.05. The van der Waals surface area contributed by atoms with Crippen molar-refractivity contribution in [2.45, 2.75) is 12.5 Å². The van der Waals surface area contributed by atoms with Crippen LogP contribution < -0.4 is 10.2 Å². The minimum absolute atomic E-state index is 0.144. The average Bonchev–Trinajstić information content (AvgIpc) is 2.38. The van der Waals surface area contributed by atoms with Crippen molar-refractivity contribution >= 4 is 27.5 Å². The Morgan fingerprint density at radius 1 is 1.58 bits per heavy atom. The molecular formula is C14H20BrN3O. The lowest BCUT2D eigenvalue weighted by Crippen LogP contribution is -2.50. The summed E-state index contributed by atoms with van der Waals surface area (Å²) in [6.45, 7) is 2.93. The summed E-state index contributed by atoms with van der Waals surface area (Å²) in [7, 11) is 3.92. The number of hydrogen-bond donors (Lipinski definition) is 1. The van der Waals surface area contributed by atoms with Gasteiger partial charge >= 0.3 is 0 Å². The minimum atomic E-state index is 0.144. The first-order valence-corrected chi connectivity index (χ1v) is 7.29. The van der Waals surface area contributed by atoms with Crippen LogP contribution in [0.25, 0.3) is 0 Å². The molecule has 1 aromatic carbocycles. The number of rotatable bonds is 3. The van der Waals surface area contributed by atoms with Crippen molar-refractivity contribution in [2.75, 3.05) is 38.6 Å². The van der Waals surface area contributed by atoms with Gasteiger partial charge in [0.1, 0.15) is 0 Å². The number of nitrogens with one attached hydrogen (secondary N) is 1. The van der Waals surface area contributed by atoms with Crippen molar-refractivity contribution in [3.05, 3.63) is 28.7 Å². The van der Waals surface area contributed by atoms with Gasteiger partial charge in [0.2, 0.25) is 5.91 Å². The zero-order chi connectivity index (χ0) is 13.8. The van der Waals surface area contributed by atoms with E-state index in [1.807, 2.05) is 31.3 Å². The monoisotopic (exact) mass is 325 g/mol. The second-order valence-corrected chi connectivity index (χ2v) is 5.97. The fourth-order valence-electron chi connectivity index (χ4n) is 2.30. The molecule has 5 heteroatoms. The lowest BCUT2D eigenvalue weighted by Gasteiger charge is -2.31. The molecule has 0 aromatic heterocycles. The molecule has 1 fully saturated rings. The Bertz CT molecular complexity index is 452. The van der Waals surface area contributed by atoms with Gasteiger partial charge in [-0.1, -0.05) is 22.0 Å². The molecule has 1 aliphatic rings. The maximum atomic E-state index is 12.3. The van der Waals surface area contributed by atoms with Crippen LogP contribution in [0.4, 0.5) is 5.69 Å². The zero-order valence-corrected chi connectivity index (χ0v) is 13.0. The molecule has 1 saturated heterocycles. The van der Waals surface area contributed by atoms with E-state index in [9.17, 15) is 4.79 Å². The molecule has 1 aromatic rings. The van der Waals surface area contributed by atoms with Crippen LogP contribution in [0.3, 0.4) is 0 Å². The minimum Gasteiger partial charge on any atom is -0.315 e. The first-order chi connectivity index (χ1) is 9.06. The number of amides is 1. The fraction of sp³-hybridized carbons (Fsp3) is 0.500. The van der Waals surface area contributed by atoms with Gasteiger partial charge in [-0.3, -0.25) is 4.79 Å². The molecule has 1 amide bonds. The molecule has 1 heterocycles. The highest BCUT2D eigenvalue weighted by Crippen LogP contribution is 2.19. The van der Waals surface area contributed by atoms with E-state index in [4.69, 9.17) is 0 Å². The summed E-state index contributed by atoms with van der Waals surface area (Å²) in [5, 5.41) is 3.40. The summed E-state index contributed by atoms with van der Waals surface area (Å²) in [5.41, 5.74) is 0.920. The van der Waals surface area contributed by atoms with E-state index in [2.05, 4.69) is 33.2 Å². The Morgan fingerprint density at radius 3 is 3.05 bits per heavy atom. The van der Waals surface area contributed by atoms with Crippen molar-refractivity contribution in [3.63, 3.8) is 0 Å². The Kier molecular flexibility index (Phi) is 4.96. The van der Waals surface area contributed by atoms with Crippen LogP contribution in [0.5, 0.6) is 0 Å². The second-order valence-electron chi connectivity index (χ2n) is 5.05. The molecule has 19 heavy (non-hydrogen) atoms. The molecule has 0 spiro atoms. The fourth-order valence-corrected chi connectivity index (χ4v) is 2.69. The SMILES string of the molecule is CN1CCNC(CC(=O)N(C)c2cccc(Br)c2)C1. The van der Waals surface area contributed by atoms with E-state index >= 15 is 0 Å². The van der Waals surface area contributed by atoms with Crippen molar-refractivity contribution in [3.8, 4) is 0 Å². The van der Waals surface area contributed by atoms with Gasteiger partial charge in [0.15, 0.2) is 0 Å². The van der Waals surface area contributed by atoms with Gasteiger partial charge in [-0.25, -0.2) is 0 Å². The molecule has 2 rings (SSSR count). The van der Waals surface area contributed by atoms with E-state index < -0.39 is 0 Å². The molecule has 0 radical (unpaired) electrons. The molecule has 104 valence electrons. The van der Waals surface area contributed by atoms with Crippen LogP contribution in [0.1, 0.15) is 6.42 Å². The zero-order valence-electron chi connectivity index (χ0n) is 11.4. The van der Waals surface area contributed by atoms with Gasteiger partial charge in [0.25, 0.3) is 0 Å². The summed E-state index contributed by atoms with van der Waals surface area (Å²) in [5.74, 6) is 0.144. The summed E-state index contributed by atoms with van der Waals surface area (Å²) >= 11 is 3.43. The average molecular weight is 326 g/mol. The van der Waals surface area contributed by atoms with Crippen molar-refractivity contribution < 1.29 is 4.79 Å². The van der Waals surface area contributed by atoms with E-state index in [1.54, 1.807) is 4.90 Å². The van der Waals surface area contributed by atoms with Gasteiger partial charge in [0, 0.05) is 49.3 Å². The van der Waals surface area contributed by atoms with E-state index in [-0.39, 0.29) is 11.9 Å². The smallest absolute Gasteiger partial charge is 0.228 e. The number of anilines is 1. The predicted octanol–water partition coefficient (Wildman–Crippen LogP) is 1.71. The van der Waals surface area contributed by atoms with Crippen LogP contribution in [0, 0.1) is 0 Å². The number of nitrogens with zero attached hydrogens (tertiary/aromatic N) is 2. The number of hydrogen-bond acceptors (Lipinski definition) is 3. The lowest BCUT2D eigenvalue weighted by atomic mass is 10.1. The summed E-state index contributed by atoms with van der Waals surface area (Å²) in [4.78, 5) is 16.3. The van der Waals surface area contributed by atoms with Gasteiger partial charge in [-0.15, -0.1) is 0 Å². The first-order valence-electron chi connectivity index (χ1n) is 6.50. The van der Waals surface area contributed by atoms with Crippen LogP contribution in [0.2, 0.25) is 0 Å². The number of carbonyl (C=O) groups is 1. The van der Waals surface area contributed by atoms with Gasteiger partial charge < -0.3 is 15.1 Å². The highest BCUT2D eigenvalue weighted by atomic mass is 79.9. The molecular weight excluding hydrogens is 306 g/mol. The van der Waals surface area contributed by atoms with Crippen molar-refractivity contribution in [1.82, 2.24) is 10.2 Å². The lowest BCUT2D eigenvalue weighted by molar-refractivity contribution is -0.119. The molecule has 1 aliphatic heterocycles. The van der Waals surface area contributed by atoms with Gasteiger partial charge in [-0.05, 0) is 25.2 Å². The third-order valence-electron chi connectivity index (χ3n) is 3.45. The van der Waals surface area contributed by atoms with Crippen LogP contribution in [-0.4, -0.2) is 50.6 Å². The second kappa shape index (κ2) is 6.50. The van der Waals surface area contributed by atoms with E-state index in [1.165, 1.54) is 0 Å². The number of halogens is 1. The molecule has 0 bridgehead atoms. The first kappa shape index (κ1) is 14.5. The largest absolute Gasteiger partial charge is 0.315 e. The molecule has 1 atom stereocenters. The standard InChI is InChI=1S/C14H20BrN3O/c1-17-7-6-16-12(10-17)9-14(19)18(2)13-5-3-4-11(15)8-13/h3-5,8,12,16H,6-7,9-10H2,1-2H3. The molecule has 4 nitrogen and oxygen atoms in total. The summed E-state index contributed by atoms with van der Waals surface area (Å²) in [6.07, 6.45) is 0.535. The highest BCUT2D eigenvalue weighted by Gasteiger charge is 2.21. The van der Waals surface area contributed by atoms with Crippen LogP contribution in [0.15, 0.2) is 28.7 Å². The molecule has 0 aliphatic carbocycles. The molecule has 1 unspecified atom stereocenters. The summed E-state index contributed by atoms with van der Waals surface area (Å²) < 4.78 is 0.986. The highest BCUT2D eigenvalue weighted by molar-refractivity contribution is 9.10. The van der Waals surface area contributed by atoms with Crippen molar-refractivity contribution in [2.24, 2.45) is 0 Å². The van der Waals surface area contributed by atoms with Gasteiger partial charge in [0.05, 0.1) is 0 Å². The van der Waals surface area contributed by atoms with E-state index in [0.29, 0.717) is 6.42 Å². The van der Waals surface area contributed by atoms with Crippen LogP contribution >= 0.6 is 15.9 Å². The molecule has 0 saturated carbocycles. The Balaban J connectivity index is 1.95. The maximum Gasteiger partial charge on any atom is 0.228 e. The van der Waals surface area contributed by atoms with Crippen molar-refractivity contribution in [1.29, 1.82) is 0 Å². The van der Waals surface area contributed by atoms with E-state index in [0.717, 1.165) is 29.8 Å². The number of carbonyl (C=O) groups excluding carboxylic acids is 1. The number of benzene rings is 1.